The van der Waals surface area contributed by atoms with Gasteiger partial charge in [-0.1, -0.05) is 0 Å². The minimum absolute atomic E-state index is 0. The summed E-state index contributed by atoms with van der Waals surface area (Å²) in [5.74, 6) is 0. The summed E-state index contributed by atoms with van der Waals surface area (Å²) < 4.78 is 70.6. The Morgan fingerprint density at radius 3 is 1.06 bits per heavy atom. The molecule has 14 nitrogen and oxygen atoms in total. The van der Waals surface area contributed by atoms with Gasteiger partial charge in [-0.15, -0.1) is 3.97 Å². The topological polar surface area (TPSA) is 301 Å². The first-order valence-electron chi connectivity index (χ1n) is 2.15. The molecule has 0 saturated heterocycles. The number of hydrogen-bond acceptors (Lipinski definition) is 9. The van der Waals surface area contributed by atoms with Crippen molar-refractivity contribution in [3.63, 3.8) is 0 Å². The fourth-order valence-corrected chi connectivity index (χ4v) is 1.10. The SMILES string of the molecule is N.N.N.O=P(O)(O)OS(=O)(=O)O.O=S(=O)(O)O.[H-].[K+]. The van der Waals surface area contributed by atoms with Gasteiger partial charge in [-0.05, 0) is 0 Å². The average molecular weight is 367 g/mol. The Morgan fingerprint density at radius 2 is 1.06 bits per heavy atom. The van der Waals surface area contributed by atoms with E-state index in [4.69, 9.17) is 31.9 Å². The van der Waals surface area contributed by atoms with Crippen LogP contribution in [-0.2, 0) is 29.3 Å². The summed E-state index contributed by atoms with van der Waals surface area (Å²) in [5, 5.41) is 0. The number of hydrogen-bond donors (Lipinski definition) is 8. The van der Waals surface area contributed by atoms with Crippen LogP contribution < -0.4 is 69.8 Å². The number of phosphoric acid groups is 1. The van der Waals surface area contributed by atoms with Crippen LogP contribution in [-0.4, -0.2) is 40.3 Å². The van der Waals surface area contributed by atoms with E-state index in [0.29, 0.717) is 0 Å². The van der Waals surface area contributed by atoms with Gasteiger partial charge in [0, 0.05) is 0 Å². The van der Waals surface area contributed by atoms with E-state index in [-0.39, 0.29) is 71.3 Å². The smallest absolute Gasteiger partial charge is 1.00 e. The Hall–Kier alpha value is 1.41. The monoisotopic (exact) mass is 367 g/mol. The van der Waals surface area contributed by atoms with Crippen molar-refractivity contribution in [2.75, 3.05) is 0 Å². The summed E-state index contributed by atoms with van der Waals surface area (Å²) >= 11 is 0. The Kier molecular flexibility index (Phi) is 27.2. The maximum atomic E-state index is 9.58. The van der Waals surface area contributed by atoms with E-state index in [2.05, 4.69) is 3.97 Å². The Labute approximate surface area is 147 Å². The fraction of sp³-hybridized carbons (Fsp3) is 0. The van der Waals surface area contributed by atoms with Crippen molar-refractivity contribution in [1.29, 1.82) is 0 Å². The molecule has 0 aromatic heterocycles. The number of rotatable bonds is 2. The largest absolute Gasteiger partial charge is 1.00 e. The Bertz CT molecular complexity index is 403. The molecule has 0 amide bonds. The molecule has 0 heterocycles. The van der Waals surface area contributed by atoms with E-state index in [9.17, 15) is 13.0 Å². The standard InChI is InChI=1S/K.3H3N.H3O7PS.H2O4S.H/c;;;;1-8(2,3)7-9(4,5)6;1-5(2,3)4;/h;3*1H3;(H2,1,2,3)(H,4,5,6);(H2,1,2,3,4);/q+1;;;;;;-1. The van der Waals surface area contributed by atoms with Gasteiger partial charge in [-0.3, -0.25) is 13.7 Å². The molecule has 14 N–H and O–H groups in total. The molecule has 0 aliphatic carbocycles. The molecule has 0 spiro atoms. The summed E-state index contributed by atoms with van der Waals surface area (Å²) in [5.41, 5.74) is 0. The van der Waals surface area contributed by atoms with Crippen LogP contribution in [0.2, 0.25) is 0 Å². The average Bonchev–Trinajstić information content (AvgIpc) is 1.42. The second-order valence-corrected chi connectivity index (χ2v) is 4.77. The second-order valence-electron chi connectivity index (χ2n) is 1.44. The normalized spacial score (nSPS) is 10.1. The van der Waals surface area contributed by atoms with Gasteiger partial charge < -0.3 is 29.7 Å². The van der Waals surface area contributed by atoms with E-state index in [0.717, 1.165) is 0 Å². The molecule has 0 aromatic rings. The first-order valence-corrected chi connectivity index (χ1v) is 6.44. The van der Waals surface area contributed by atoms with E-state index in [1.54, 1.807) is 0 Å². The molecule has 0 aromatic carbocycles. The zero-order chi connectivity index (χ0) is 12.2. The molecule has 18 heteroatoms. The minimum atomic E-state index is -5.13. The predicted molar refractivity (Wildman–Crippen MR) is 55.0 cm³/mol. The molecule has 0 aliphatic heterocycles. The second kappa shape index (κ2) is 13.4. The zero-order valence-corrected chi connectivity index (χ0v) is 14.7. The Balaban J connectivity index is -0.0000000261. The van der Waals surface area contributed by atoms with E-state index in [1.807, 2.05) is 0 Å². The van der Waals surface area contributed by atoms with Crippen molar-refractivity contribution in [2.24, 2.45) is 0 Å². The molecule has 0 atom stereocenters. The maximum Gasteiger partial charge on any atom is 1.00 e. The molecule has 0 unspecified atom stereocenters. The van der Waals surface area contributed by atoms with E-state index in [1.165, 1.54) is 0 Å². The molecule has 0 rings (SSSR count). The van der Waals surface area contributed by atoms with Gasteiger partial charge in [0.15, 0.2) is 0 Å². The zero-order valence-electron chi connectivity index (χ0n) is 10.1. The molecule has 0 bridgehead atoms. The van der Waals surface area contributed by atoms with Crippen LogP contribution >= 0.6 is 7.82 Å². The van der Waals surface area contributed by atoms with Gasteiger partial charge in [0.05, 0.1) is 0 Å². The molecule has 0 fully saturated rings. The van der Waals surface area contributed by atoms with Gasteiger partial charge in [0.25, 0.3) is 0 Å². The van der Waals surface area contributed by atoms with Crippen LogP contribution in [0.1, 0.15) is 1.43 Å². The molecule has 0 aliphatic rings. The summed E-state index contributed by atoms with van der Waals surface area (Å²) in [6, 6.07) is 0. The van der Waals surface area contributed by atoms with Gasteiger partial charge >= 0.3 is 80.0 Å². The molecule has 18 heavy (non-hydrogen) atoms. The summed E-state index contributed by atoms with van der Waals surface area (Å²) in [4.78, 5) is 15.4. The predicted octanol–water partition coefficient (Wildman–Crippen LogP) is -4.15. The first kappa shape index (κ1) is 36.6. The maximum absolute atomic E-state index is 9.58. The molecule has 0 saturated carbocycles. The molecular weight excluding hydrogens is 352 g/mol. The van der Waals surface area contributed by atoms with Crippen molar-refractivity contribution in [2.45, 2.75) is 0 Å². The quantitative estimate of drug-likeness (QED) is 0.130. The molecular formula is H15KN3O11PS2. The summed E-state index contributed by atoms with van der Waals surface area (Å²) in [6.45, 7) is 0. The van der Waals surface area contributed by atoms with Crippen LogP contribution in [0.5, 0.6) is 0 Å². The molecule has 114 valence electrons. The van der Waals surface area contributed by atoms with Crippen LogP contribution in [0.25, 0.3) is 0 Å². The van der Waals surface area contributed by atoms with Crippen LogP contribution in [0.3, 0.4) is 0 Å². The van der Waals surface area contributed by atoms with Gasteiger partial charge in [-0.25, -0.2) is 4.57 Å². The Morgan fingerprint density at radius 1 is 0.889 bits per heavy atom. The summed E-state index contributed by atoms with van der Waals surface area (Å²) in [6.07, 6.45) is 0. The molecule has 0 radical (unpaired) electrons. The van der Waals surface area contributed by atoms with Crippen molar-refractivity contribution < 1.29 is 102 Å². The summed E-state index contributed by atoms with van der Waals surface area (Å²) in [7, 11) is -14.8. The van der Waals surface area contributed by atoms with Gasteiger partial charge in [-0.2, -0.15) is 16.8 Å². The third kappa shape index (κ3) is 85.4. The van der Waals surface area contributed by atoms with Crippen molar-refractivity contribution in [3.8, 4) is 0 Å². The third-order valence-electron chi connectivity index (χ3n) is 0.191. The third-order valence-corrected chi connectivity index (χ3v) is 1.72. The first-order chi connectivity index (χ1) is 5.71. The van der Waals surface area contributed by atoms with Gasteiger partial charge in [0.1, 0.15) is 0 Å². The van der Waals surface area contributed by atoms with E-state index >= 15 is 0 Å². The van der Waals surface area contributed by atoms with Crippen LogP contribution in [0.4, 0.5) is 0 Å². The minimum Gasteiger partial charge on any atom is -1.00 e. The van der Waals surface area contributed by atoms with Crippen LogP contribution in [0.15, 0.2) is 0 Å². The van der Waals surface area contributed by atoms with Gasteiger partial charge in [0.2, 0.25) is 0 Å². The fourth-order valence-electron chi connectivity index (χ4n) is 0.123. The van der Waals surface area contributed by atoms with Crippen molar-refractivity contribution in [1.82, 2.24) is 18.5 Å². The van der Waals surface area contributed by atoms with E-state index < -0.39 is 28.6 Å². The van der Waals surface area contributed by atoms with Crippen molar-refractivity contribution >= 4 is 28.6 Å². The van der Waals surface area contributed by atoms with Crippen LogP contribution in [0, 0.1) is 0 Å². The van der Waals surface area contributed by atoms with Crippen molar-refractivity contribution in [3.05, 3.63) is 0 Å².